The van der Waals surface area contributed by atoms with Crippen LogP contribution in [0.3, 0.4) is 0 Å². The molecule has 3 atom stereocenters. The molecule has 2 aliphatic rings. The molecule has 0 spiro atoms. The predicted molar refractivity (Wildman–Crippen MR) is 124 cm³/mol. The number of piperazine rings is 1. The number of hydrogen-bond acceptors (Lipinski definition) is 5. The van der Waals surface area contributed by atoms with Crippen LogP contribution in [0.4, 0.5) is 4.79 Å². The Balaban J connectivity index is 1.40. The molecule has 2 aliphatic heterocycles. The highest BCUT2D eigenvalue weighted by atomic mass is 32.1. The van der Waals surface area contributed by atoms with Gasteiger partial charge >= 0.3 is 6.03 Å². The third-order valence-corrected chi connectivity index (χ3v) is 6.97. The number of hydroxylamine groups is 2. The molecule has 1 aromatic heterocycles. The molecule has 2 saturated heterocycles. The molecule has 3 aromatic rings. The minimum absolute atomic E-state index is 0.111. The van der Waals surface area contributed by atoms with Gasteiger partial charge in [-0.25, -0.2) is 4.79 Å². The molecular weight excluding hydrogens is 440 g/mol. The summed E-state index contributed by atoms with van der Waals surface area (Å²) < 4.78 is 1.12. The molecule has 2 aromatic carbocycles. The highest BCUT2D eigenvalue weighted by Gasteiger charge is 2.49. The Hall–Kier alpha value is -3.43. The van der Waals surface area contributed by atoms with Gasteiger partial charge in [0.05, 0.1) is 6.04 Å². The van der Waals surface area contributed by atoms with Gasteiger partial charge in [-0.05, 0) is 34.9 Å². The van der Waals surface area contributed by atoms with Crippen molar-refractivity contribution in [3.8, 4) is 0 Å². The van der Waals surface area contributed by atoms with E-state index in [0.717, 1.165) is 21.2 Å². The molecule has 0 radical (unpaired) electrons. The molecule has 3 heterocycles. The van der Waals surface area contributed by atoms with Gasteiger partial charge in [0, 0.05) is 17.7 Å². The zero-order valence-corrected chi connectivity index (χ0v) is 18.9. The maximum absolute atomic E-state index is 13.3. The summed E-state index contributed by atoms with van der Waals surface area (Å²) in [7, 11) is 0. The zero-order chi connectivity index (χ0) is 22.9. The molecule has 2 N–H and O–H groups in total. The lowest BCUT2D eigenvalue weighted by Gasteiger charge is -2.49. The Labute approximate surface area is 195 Å². The molecule has 170 valence electrons. The fourth-order valence-electron chi connectivity index (χ4n) is 4.39. The Morgan fingerprint density at radius 2 is 1.91 bits per heavy atom. The van der Waals surface area contributed by atoms with E-state index in [4.69, 9.17) is 4.84 Å². The molecule has 3 unspecified atom stereocenters. The van der Waals surface area contributed by atoms with Crippen LogP contribution < -0.4 is 10.6 Å². The quantitative estimate of drug-likeness (QED) is 0.621. The molecule has 0 bridgehead atoms. The maximum atomic E-state index is 13.3. The van der Waals surface area contributed by atoms with E-state index in [1.165, 1.54) is 9.96 Å². The molecule has 5 rings (SSSR count). The summed E-state index contributed by atoms with van der Waals surface area (Å²) >= 11 is 1.60. The maximum Gasteiger partial charge on any atom is 0.343 e. The van der Waals surface area contributed by atoms with Crippen molar-refractivity contribution in [2.75, 3.05) is 6.54 Å². The first-order valence-electron chi connectivity index (χ1n) is 10.8. The number of urea groups is 1. The van der Waals surface area contributed by atoms with Crippen LogP contribution in [0.1, 0.15) is 18.1 Å². The van der Waals surface area contributed by atoms with E-state index in [2.05, 4.69) is 10.6 Å². The number of carbonyl (C=O) groups excluding carboxylic acids is 3. The summed E-state index contributed by atoms with van der Waals surface area (Å²) in [6.07, 6.45) is -1.31. The smallest absolute Gasteiger partial charge is 0.343 e. The average Bonchev–Trinajstić information content (AvgIpc) is 3.23. The van der Waals surface area contributed by atoms with E-state index < -0.39 is 24.3 Å². The number of nitrogens with zero attached hydrogens (tertiary/aromatic N) is 2. The van der Waals surface area contributed by atoms with Crippen molar-refractivity contribution in [2.45, 2.75) is 38.2 Å². The van der Waals surface area contributed by atoms with Crippen LogP contribution in [0, 0.1) is 0 Å². The summed E-state index contributed by atoms with van der Waals surface area (Å²) in [4.78, 5) is 46.2. The standard InChI is InChI=1S/C24H24N4O4S/c1-15-22-27(13-21(29)26-15)23(30)19(11-17-14-33-20-10-6-5-9-18(17)20)32-28(22)24(31)25-12-16-7-3-2-4-8-16/h2-10,14-15,19,22H,11-13H2,1H3,(H,25,31)(H,26,29). The van der Waals surface area contributed by atoms with Crippen molar-refractivity contribution < 1.29 is 19.2 Å². The Kier molecular flexibility index (Phi) is 5.74. The number of nitrogens with one attached hydrogen (secondary N) is 2. The van der Waals surface area contributed by atoms with Gasteiger partial charge in [0.25, 0.3) is 5.91 Å². The first kappa shape index (κ1) is 21.4. The van der Waals surface area contributed by atoms with Crippen LogP contribution in [-0.2, 0) is 27.4 Å². The van der Waals surface area contributed by atoms with Crippen LogP contribution >= 0.6 is 11.3 Å². The van der Waals surface area contributed by atoms with Gasteiger partial charge < -0.3 is 15.5 Å². The number of amides is 4. The summed E-state index contributed by atoms with van der Waals surface area (Å²) in [6, 6.07) is 16.6. The fraction of sp³-hybridized carbons (Fsp3) is 0.292. The topological polar surface area (TPSA) is 91.0 Å². The lowest BCUT2D eigenvalue weighted by Crippen LogP contribution is -2.73. The lowest BCUT2D eigenvalue weighted by molar-refractivity contribution is -0.253. The molecule has 0 aliphatic carbocycles. The normalized spacial score (nSPS) is 22.8. The van der Waals surface area contributed by atoms with Crippen LogP contribution in [0.2, 0.25) is 0 Å². The SMILES string of the molecule is CC1NC(=O)CN2C(=O)C(Cc3csc4ccccc34)ON(C(=O)NCc3ccccc3)C12. The Morgan fingerprint density at radius 3 is 2.73 bits per heavy atom. The number of benzene rings is 2. The van der Waals surface area contributed by atoms with E-state index in [-0.39, 0.29) is 18.4 Å². The zero-order valence-electron chi connectivity index (χ0n) is 18.1. The second kappa shape index (κ2) is 8.84. The molecule has 8 nitrogen and oxygen atoms in total. The summed E-state index contributed by atoms with van der Waals surface area (Å²) in [6.45, 7) is 1.97. The summed E-state index contributed by atoms with van der Waals surface area (Å²) in [5.41, 5.74) is 1.92. The van der Waals surface area contributed by atoms with Crippen LogP contribution in [-0.4, -0.2) is 52.7 Å². The van der Waals surface area contributed by atoms with Gasteiger partial charge in [-0.1, -0.05) is 48.5 Å². The summed E-state index contributed by atoms with van der Waals surface area (Å²) in [5.74, 6) is -0.539. The largest absolute Gasteiger partial charge is 0.348 e. The number of thiophene rings is 1. The van der Waals surface area contributed by atoms with Crippen molar-refractivity contribution >= 4 is 39.3 Å². The van der Waals surface area contributed by atoms with Crippen molar-refractivity contribution in [2.24, 2.45) is 0 Å². The Bertz CT molecular complexity index is 1200. The van der Waals surface area contributed by atoms with E-state index in [1.807, 2.05) is 60.0 Å². The van der Waals surface area contributed by atoms with Crippen LogP contribution in [0.5, 0.6) is 0 Å². The van der Waals surface area contributed by atoms with Gasteiger partial charge in [-0.15, -0.1) is 11.3 Å². The second-order valence-electron chi connectivity index (χ2n) is 8.26. The monoisotopic (exact) mass is 464 g/mol. The number of carbonyl (C=O) groups is 3. The van der Waals surface area contributed by atoms with Gasteiger partial charge in [0.1, 0.15) is 6.54 Å². The second-order valence-corrected chi connectivity index (χ2v) is 9.17. The van der Waals surface area contributed by atoms with Gasteiger partial charge in [0.2, 0.25) is 5.91 Å². The van der Waals surface area contributed by atoms with Crippen molar-refractivity contribution in [3.63, 3.8) is 0 Å². The third-order valence-electron chi connectivity index (χ3n) is 5.96. The van der Waals surface area contributed by atoms with Crippen molar-refractivity contribution in [1.29, 1.82) is 0 Å². The third kappa shape index (κ3) is 4.17. The number of hydrogen-bond donors (Lipinski definition) is 2. The van der Waals surface area contributed by atoms with Gasteiger partial charge in [-0.2, -0.15) is 5.06 Å². The van der Waals surface area contributed by atoms with Crippen molar-refractivity contribution in [3.05, 3.63) is 71.1 Å². The Morgan fingerprint density at radius 1 is 1.15 bits per heavy atom. The molecule has 9 heteroatoms. The lowest BCUT2D eigenvalue weighted by atomic mass is 10.0. The predicted octanol–water partition coefficient (Wildman–Crippen LogP) is 2.64. The number of rotatable bonds is 4. The van der Waals surface area contributed by atoms with Gasteiger partial charge in [0.15, 0.2) is 12.3 Å². The molecule has 4 amide bonds. The minimum Gasteiger partial charge on any atom is -0.348 e. The number of fused-ring (bicyclic) bond motifs is 2. The summed E-state index contributed by atoms with van der Waals surface area (Å²) in [5, 5.41) is 9.97. The molecule has 33 heavy (non-hydrogen) atoms. The molecule has 2 fully saturated rings. The molecule has 0 saturated carbocycles. The van der Waals surface area contributed by atoms with E-state index in [1.54, 1.807) is 18.3 Å². The van der Waals surface area contributed by atoms with E-state index in [0.29, 0.717) is 13.0 Å². The molecular formula is C24H24N4O4S. The van der Waals surface area contributed by atoms with Crippen molar-refractivity contribution in [1.82, 2.24) is 20.6 Å². The average molecular weight is 465 g/mol. The highest BCUT2D eigenvalue weighted by Crippen LogP contribution is 2.30. The van der Waals surface area contributed by atoms with Gasteiger partial charge in [-0.3, -0.25) is 14.4 Å². The fourth-order valence-corrected chi connectivity index (χ4v) is 5.37. The van der Waals surface area contributed by atoms with Crippen LogP contribution in [0.15, 0.2) is 60.0 Å². The first-order valence-corrected chi connectivity index (χ1v) is 11.7. The minimum atomic E-state index is -0.903. The van der Waals surface area contributed by atoms with E-state index in [9.17, 15) is 14.4 Å². The highest BCUT2D eigenvalue weighted by molar-refractivity contribution is 7.17. The van der Waals surface area contributed by atoms with Crippen LogP contribution in [0.25, 0.3) is 10.1 Å². The van der Waals surface area contributed by atoms with E-state index >= 15 is 0 Å². The first-order chi connectivity index (χ1) is 16.0.